The van der Waals surface area contributed by atoms with Crippen LogP contribution in [0.5, 0.6) is 0 Å². The molecule has 2 aromatic carbocycles. The molecule has 0 spiro atoms. The van der Waals surface area contributed by atoms with Crippen molar-refractivity contribution < 1.29 is 9.05 Å². The van der Waals surface area contributed by atoms with Crippen LogP contribution in [0, 0.1) is 13.8 Å². The van der Waals surface area contributed by atoms with Crippen LogP contribution in [0.3, 0.4) is 0 Å². The molecule has 0 N–H and O–H groups in total. The summed E-state index contributed by atoms with van der Waals surface area (Å²) in [7, 11) is 0. The van der Waals surface area contributed by atoms with Crippen LogP contribution < -0.4 is 5.76 Å². The average molecular weight is 374 g/mol. The normalized spacial score (nSPS) is 11.8. The molecule has 0 unspecified atom stereocenters. The Morgan fingerprint density at radius 3 is 2.14 bits per heavy atom. The maximum atomic E-state index is 12.1. The summed E-state index contributed by atoms with van der Waals surface area (Å²) in [4.78, 5) is 16.6. The van der Waals surface area contributed by atoms with E-state index in [0.29, 0.717) is 23.1 Å². The molecule has 0 saturated heterocycles. The fourth-order valence-corrected chi connectivity index (χ4v) is 2.72. The van der Waals surface area contributed by atoms with Crippen molar-refractivity contribution >= 4 is 11.8 Å². The average Bonchev–Trinajstić information content (AvgIpc) is 3.31. The quantitative estimate of drug-likeness (QED) is 0.532. The Balaban J connectivity index is 1.69. The SMILES string of the molecule is CC(=Cn1c(-c2ccc(C)cc2)noc1=O)c1nc(-c2ccc(C)cc2)no1. The molecule has 4 rings (SSSR count). The third kappa shape index (κ3) is 3.42. The molecule has 0 bridgehead atoms. The Kier molecular flexibility index (Phi) is 4.49. The van der Waals surface area contributed by atoms with Crippen molar-refractivity contribution in [2.75, 3.05) is 0 Å². The summed E-state index contributed by atoms with van der Waals surface area (Å²) in [6, 6.07) is 15.5. The van der Waals surface area contributed by atoms with Crippen molar-refractivity contribution in [1.82, 2.24) is 19.9 Å². The number of allylic oxidation sites excluding steroid dienone is 1. The van der Waals surface area contributed by atoms with Gasteiger partial charge in [-0.05, 0) is 20.8 Å². The zero-order valence-corrected chi connectivity index (χ0v) is 15.7. The molecule has 2 aromatic heterocycles. The van der Waals surface area contributed by atoms with Gasteiger partial charge in [-0.1, -0.05) is 70.0 Å². The summed E-state index contributed by atoms with van der Waals surface area (Å²) < 4.78 is 11.5. The van der Waals surface area contributed by atoms with Crippen molar-refractivity contribution in [2.24, 2.45) is 0 Å². The second-order valence-electron chi connectivity index (χ2n) is 6.61. The number of hydrogen-bond acceptors (Lipinski definition) is 6. The highest BCUT2D eigenvalue weighted by molar-refractivity contribution is 5.72. The Bertz CT molecular complexity index is 1200. The van der Waals surface area contributed by atoms with Crippen molar-refractivity contribution in [1.29, 1.82) is 0 Å². The predicted molar refractivity (Wildman–Crippen MR) is 105 cm³/mol. The molecule has 2 heterocycles. The minimum atomic E-state index is -0.590. The predicted octanol–water partition coefficient (Wildman–Crippen LogP) is 4.19. The molecule has 7 nitrogen and oxygen atoms in total. The van der Waals surface area contributed by atoms with Crippen molar-refractivity contribution in [3.63, 3.8) is 0 Å². The van der Waals surface area contributed by atoms with Gasteiger partial charge in [0.1, 0.15) is 0 Å². The lowest BCUT2D eigenvalue weighted by atomic mass is 10.1. The van der Waals surface area contributed by atoms with E-state index in [1.165, 1.54) is 4.57 Å². The van der Waals surface area contributed by atoms with Gasteiger partial charge in [0, 0.05) is 22.9 Å². The van der Waals surface area contributed by atoms with Crippen LogP contribution in [0.25, 0.3) is 34.5 Å². The Hall–Kier alpha value is -3.74. The highest BCUT2D eigenvalue weighted by Crippen LogP contribution is 2.22. The highest BCUT2D eigenvalue weighted by Gasteiger charge is 2.14. The molecule has 140 valence electrons. The largest absolute Gasteiger partial charge is 0.446 e. The second kappa shape index (κ2) is 7.11. The number of rotatable bonds is 4. The van der Waals surface area contributed by atoms with Gasteiger partial charge in [-0.2, -0.15) is 4.98 Å². The van der Waals surface area contributed by atoms with E-state index in [-0.39, 0.29) is 0 Å². The number of hydrogen-bond donors (Lipinski definition) is 0. The van der Waals surface area contributed by atoms with E-state index in [0.717, 1.165) is 22.3 Å². The molecule has 0 aliphatic rings. The first-order valence-corrected chi connectivity index (χ1v) is 8.76. The standard InChI is InChI=1S/C21H18N4O3/c1-13-4-8-16(9-5-13)18-22-20(27-23-18)15(3)12-25-19(24-28-21(25)26)17-10-6-14(2)7-11-17/h4-12H,1-3H3. The molecule has 0 fully saturated rings. The van der Waals surface area contributed by atoms with E-state index in [2.05, 4.69) is 15.3 Å². The first kappa shape index (κ1) is 17.7. The summed E-state index contributed by atoms with van der Waals surface area (Å²) in [5.41, 5.74) is 4.51. The van der Waals surface area contributed by atoms with E-state index in [1.807, 2.05) is 62.4 Å². The zero-order chi connectivity index (χ0) is 19.7. The Labute approximate surface area is 160 Å². The molecular weight excluding hydrogens is 356 g/mol. The monoisotopic (exact) mass is 374 g/mol. The Morgan fingerprint density at radius 2 is 1.50 bits per heavy atom. The number of aryl methyl sites for hydroxylation is 2. The van der Waals surface area contributed by atoms with Crippen molar-refractivity contribution in [2.45, 2.75) is 20.8 Å². The third-order valence-corrected chi connectivity index (χ3v) is 4.34. The lowest BCUT2D eigenvalue weighted by Gasteiger charge is -2.01. The van der Waals surface area contributed by atoms with Gasteiger partial charge in [-0.25, -0.2) is 9.36 Å². The van der Waals surface area contributed by atoms with E-state index in [9.17, 15) is 4.79 Å². The van der Waals surface area contributed by atoms with E-state index in [1.54, 1.807) is 13.1 Å². The fraction of sp³-hybridized carbons (Fsp3) is 0.143. The highest BCUT2D eigenvalue weighted by atomic mass is 16.5. The van der Waals surface area contributed by atoms with Gasteiger partial charge in [0.15, 0.2) is 5.82 Å². The van der Waals surface area contributed by atoms with Gasteiger partial charge in [-0.3, -0.25) is 4.52 Å². The van der Waals surface area contributed by atoms with Crippen LogP contribution in [0.2, 0.25) is 0 Å². The Morgan fingerprint density at radius 1 is 0.893 bits per heavy atom. The van der Waals surface area contributed by atoms with Gasteiger partial charge in [0.2, 0.25) is 5.82 Å². The molecule has 0 radical (unpaired) electrons. The number of benzene rings is 2. The minimum Gasteiger partial charge on any atom is -0.334 e. The lowest BCUT2D eigenvalue weighted by Crippen LogP contribution is -2.09. The molecule has 4 aromatic rings. The van der Waals surface area contributed by atoms with E-state index < -0.39 is 5.76 Å². The van der Waals surface area contributed by atoms with Gasteiger partial charge < -0.3 is 4.52 Å². The summed E-state index contributed by atoms with van der Waals surface area (Å²) in [6.07, 6.45) is 1.58. The zero-order valence-electron chi connectivity index (χ0n) is 15.7. The molecule has 28 heavy (non-hydrogen) atoms. The summed E-state index contributed by atoms with van der Waals surface area (Å²) in [5, 5.41) is 7.91. The molecule has 0 amide bonds. The lowest BCUT2D eigenvalue weighted by molar-refractivity contribution is 0.384. The second-order valence-corrected chi connectivity index (χ2v) is 6.61. The molecule has 0 aliphatic carbocycles. The first-order valence-electron chi connectivity index (χ1n) is 8.76. The maximum absolute atomic E-state index is 12.1. The molecule has 0 saturated carbocycles. The van der Waals surface area contributed by atoms with Crippen molar-refractivity contribution in [3.8, 4) is 22.8 Å². The van der Waals surface area contributed by atoms with Gasteiger partial charge in [0.05, 0.1) is 0 Å². The molecular formula is C21H18N4O3. The summed E-state index contributed by atoms with van der Waals surface area (Å²) >= 11 is 0. The van der Waals surface area contributed by atoms with Gasteiger partial charge in [0.25, 0.3) is 5.89 Å². The molecule has 0 aliphatic heterocycles. The molecule has 0 atom stereocenters. The maximum Gasteiger partial charge on any atom is 0.446 e. The number of aromatic nitrogens is 4. The van der Waals surface area contributed by atoms with Crippen LogP contribution in [0.4, 0.5) is 0 Å². The van der Waals surface area contributed by atoms with Crippen LogP contribution in [-0.2, 0) is 0 Å². The van der Waals surface area contributed by atoms with Crippen molar-refractivity contribution in [3.05, 3.63) is 76.1 Å². The fourth-order valence-electron chi connectivity index (χ4n) is 2.72. The van der Waals surface area contributed by atoms with E-state index >= 15 is 0 Å². The smallest absolute Gasteiger partial charge is 0.334 e. The third-order valence-electron chi connectivity index (χ3n) is 4.34. The summed E-state index contributed by atoms with van der Waals surface area (Å²) in [6.45, 7) is 5.79. The van der Waals surface area contributed by atoms with Gasteiger partial charge >= 0.3 is 5.76 Å². The van der Waals surface area contributed by atoms with E-state index in [4.69, 9.17) is 9.05 Å². The first-order chi connectivity index (χ1) is 13.5. The van der Waals surface area contributed by atoms with Crippen LogP contribution in [0.1, 0.15) is 23.9 Å². The minimum absolute atomic E-state index is 0.318. The van der Waals surface area contributed by atoms with Crippen LogP contribution in [0.15, 0.2) is 62.4 Å². The van der Waals surface area contributed by atoms with Gasteiger partial charge in [-0.15, -0.1) is 0 Å². The van der Waals surface area contributed by atoms with Crippen LogP contribution in [-0.4, -0.2) is 19.9 Å². The molecule has 7 heteroatoms. The number of nitrogens with zero attached hydrogens (tertiary/aromatic N) is 4. The van der Waals surface area contributed by atoms with Crippen LogP contribution >= 0.6 is 0 Å². The summed E-state index contributed by atoms with van der Waals surface area (Å²) in [5.74, 6) is 0.619. The topological polar surface area (TPSA) is 87.0 Å².